The van der Waals surface area contributed by atoms with E-state index >= 15 is 0 Å². The van der Waals surface area contributed by atoms with E-state index < -0.39 is 21.6 Å². The van der Waals surface area contributed by atoms with E-state index in [1.165, 1.54) is 0 Å². The number of anilines is 1. The molecule has 0 aliphatic carbocycles. The number of methoxy groups -OCH3 is 2. The maximum atomic E-state index is 12.9. The van der Waals surface area contributed by atoms with Crippen molar-refractivity contribution < 1.29 is 17.9 Å². The summed E-state index contributed by atoms with van der Waals surface area (Å²) < 4.78 is 37.9. The fourth-order valence-corrected chi connectivity index (χ4v) is 7.41. The van der Waals surface area contributed by atoms with Gasteiger partial charge in [0.2, 0.25) is 11.0 Å². The number of pyridine rings is 3. The molecule has 0 fully saturated rings. The molecule has 1 N–H and O–H groups in total. The van der Waals surface area contributed by atoms with Crippen LogP contribution in [0.4, 0.5) is 5.69 Å². The number of nitrogens with zero attached hydrogens (tertiary/aromatic N) is 7. The van der Waals surface area contributed by atoms with E-state index in [9.17, 15) is 8.42 Å². The molecule has 5 aromatic heterocycles. The fourth-order valence-electron chi connectivity index (χ4n) is 5.11. The SMILES string of the molecule is COc1ccc2[nH]c(S(=O)Cc3ncc(C)c(OC)c3C)nc2n1.Cc1ccncc1-n1ccnc1S(=O)Cc1ccccc1N(C)C. The zero-order valence-corrected chi connectivity index (χ0v) is 29.6. The summed E-state index contributed by atoms with van der Waals surface area (Å²) in [5, 5.41) is 0.908. The second kappa shape index (κ2) is 15.3. The number of rotatable bonds is 10. The van der Waals surface area contributed by atoms with Gasteiger partial charge in [0.1, 0.15) is 5.75 Å². The minimum Gasteiger partial charge on any atom is -0.496 e. The van der Waals surface area contributed by atoms with Crippen molar-refractivity contribution in [2.45, 2.75) is 42.6 Å². The van der Waals surface area contributed by atoms with Gasteiger partial charge in [-0.3, -0.25) is 23.0 Å². The van der Waals surface area contributed by atoms with E-state index in [4.69, 9.17) is 9.47 Å². The Kier molecular flexibility index (Phi) is 11.0. The summed E-state index contributed by atoms with van der Waals surface area (Å²) in [4.78, 5) is 26.5. The minimum atomic E-state index is -1.37. The number of aryl methyl sites for hydroxylation is 2. The Morgan fingerprint density at radius 1 is 0.854 bits per heavy atom. The number of nitrogens with one attached hydrogen (secondary N) is 1. The van der Waals surface area contributed by atoms with Crippen LogP contribution in [0.5, 0.6) is 11.6 Å². The summed E-state index contributed by atoms with van der Waals surface area (Å²) in [5.74, 6) is 1.91. The zero-order valence-electron chi connectivity index (χ0n) is 27.9. The molecule has 6 rings (SSSR count). The van der Waals surface area contributed by atoms with E-state index in [-0.39, 0.29) is 5.75 Å². The maximum absolute atomic E-state index is 12.9. The van der Waals surface area contributed by atoms with Crippen LogP contribution in [-0.2, 0) is 33.1 Å². The highest BCUT2D eigenvalue weighted by molar-refractivity contribution is 7.84. The van der Waals surface area contributed by atoms with Crippen LogP contribution in [0.25, 0.3) is 16.9 Å². The Morgan fingerprint density at radius 3 is 2.38 bits per heavy atom. The lowest BCUT2D eigenvalue weighted by atomic mass is 10.1. The predicted octanol–water partition coefficient (Wildman–Crippen LogP) is 5.24. The molecule has 0 saturated heterocycles. The second-order valence-electron chi connectivity index (χ2n) is 11.1. The van der Waals surface area contributed by atoms with Crippen molar-refractivity contribution in [3.8, 4) is 17.3 Å². The molecule has 0 saturated carbocycles. The van der Waals surface area contributed by atoms with Gasteiger partial charge in [-0.2, -0.15) is 4.98 Å². The Bertz CT molecular complexity index is 2090. The molecule has 250 valence electrons. The first kappa shape index (κ1) is 34.4. The molecule has 1 aromatic carbocycles. The molecule has 12 nitrogen and oxygen atoms in total. The van der Waals surface area contributed by atoms with Crippen LogP contribution in [-0.4, -0.2) is 71.2 Å². The van der Waals surface area contributed by atoms with Crippen LogP contribution in [0.15, 0.2) is 83.8 Å². The van der Waals surface area contributed by atoms with Gasteiger partial charge in [0.25, 0.3) is 0 Å². The Balaban J connectivity index is 0.000000188. The summed E-state index contributed by atoms with van der Waals surface area (Å²) in [6.45, 7) is 5.85. The molecule has 5 heterocycles. The highest BCUT2D eigenvalue weighted by Gasteiger charge is 2.18. The van der Waals surface area contributed by atoms with E-state index in [0.717, 1.165) is 45.1 Å². The van der Waals surface area contributed by atoms with Crippen LogP contribution in [0.3, 0.4) is 0 Å². The van der Waals surface area contributed by atoms with Gasteiger partial charge in [-0.1, -0.05) is 18.2 Å². The number of fused-ring (bicyclic) bond motifs is 1. The van der Waals surface area contributed by atoms with Crippen LogP contribution >= 0.6 is 0 Å². The normalized spacial score (nSPS) is 12.2. The van der Waals surface area contributed by atoms with Gasteiger partial charge >= 0.3 is 0 Å². The maximum Gasteiger partial charge on any atom is 0.215 e. The number of ether oxygens (including phenoxy) is 2. The summed E-state index contributed by atoms with van der Waals surface area (Å²) in [6.07, 6.45) is 8.75. The molecule has 0 bridgehead atoms. The van der Waals surface area contributed by atoms with Gasteiger partial charge in [-0.15, -0.1) is 0 Å². The number of para-hydroxylation sites is 1. The quantitative estimate of drug-likeness (QED) is 0.203. The number of H-pyrrole nitrogens is 1. The molecule has 48 heavy (non-hydrogen) atoms. The number of benzene rings is 1. The fraction of sp³-hybridized carbons (Fsp3) is 0.265. The molecular formula is C34H38N8O4S2. The molecule has 0 aliphatic heterocycles. The molecular weight excluding hydrogens is 649 g/mol. The van der Waals surface area contributed by atoms with Crippen LogP contribution in [0, 0.1) is 20.8 Å². The number of aromatic nitrogens is 7. The standard InChI is InChI=1S/C18H20N4OS.C16H18N4O3S/c1-14-8-9-19-12-17(14)22-11-10-20-18(22)24(23)13-15-6-4-5-7-16(15)21(2)3;1-9-7-17-12(10(2)14(9)23-4)8-24(21)16-18-11-5-6-13(22-3)19-15(11)20-16/h4-12H,13H2,1-3H3;5-7H,8H2,1-4H3,(H,18,19,20). The summed E-state index contributed by atoms with van der Waals surface area (Å²) in [7, 11) is 4.51. The van der Waals surface area contributed by atoms with Crippen LogP contribution < -0.4 is 14.4 Å². The van der Waals surface area contributed by atoms with Crippen LogP contribution in [0.2, 0.25) is 0 Å². The number of imidazole rings is 2. The largest absolute Gasteiger partial charge is 0.496 e. The average molecular weight is 687 g/mol. The first-order valence-corrected chi connectivity index (χ1v) is 17.6. The van der Waals surface area contributed by atoms with Crippen molar-refractivity contribution in [2.75, 3.05) is 33.2 Å². The van der Waals surface area contributed by atoms with Gasteiger partial charge in [0.05, 0.1) is 70.4 Å². The van der Waals surface area contributed by atoms with E-state index in [1.807, 2.05) is 80.9 Å². The number of hydrogen-bond donors (Lipinski definition) is 1. The van der Waals surface area contributed by atoms with Crippen molar-refractivity contribution in [1.29, 1.82) is 0 Å². The Labute approximate surface area is 284 Å². The molecule has 2 atom stereocenters. The smallest absolute Gasteiger partial charge is 0.215 e. The molecule has 0 radical (unpaired) electrons. The van der Waals surface area contributed by atoms with Crippen molar-refractivity contribution in [1.82, 2.24) is 34.5 Å². The molecule has 14 heteroatoms. The lowest BCUT2D eigenvalue weighted by Gasteiger charge is -2.17. The summed E-state index contributed by atoms with van der Waals surface area (Å²) in [5.41, 5.74) is 7.83. The number of aromatic amines is 1. The third-order valence-corrected chi connectivity index (χ3v) is 10.0. The van der Waals surface area contributed by atoms with Crippen molar-refractivity contribution in [3.05, 3.63) is 101 Å². The third kappa shape index (κ3) is 7.60. The summed E-state index contributed by atoms with van der Waals surface area (Å²) >= 11 is 0. The van der Waals surface area contributed by atoms with Gasteiger partial charge in [0.15, 0.2) is 10.8 Å². The lowest BCUT2D eigenvalue weighted by Crippen LogP contribution is -2.13. The van der Waals surface area contributed by atoms with Gasteiger partial charge in [-0.25, -0.2) is 9.97 Å². The average Bonchev–Trinajstić information content (AvgIpc) is 3.75. The first-order valence-electron chi connectivity index (χ1n) is 15.0. The topological polar surface area (TPSA) is 141 Å². The second-order valence-corrected chi connectivity index (χ2v) is 13.8. The van der Waals surface area contributed by atoms with Gasteiger partial charge in [-0.05, 0) is 50.1 Å². The molecule has 2 unspecified atom stereocenters. The molecule has 6 aromatic rings. The van der Waals surface area contributed by atoms with Crippen LogP contribution in [0.1, 0.15) is 27.9 Å². The van der Waals surface area contributed by atoms with E-state index in [1.54, 1.807) is 51.1 Å². The predicted molar refractivity (Wildman–Crippen MR) is 188 cm³/mol. The van der Waals surface area contributed by atoms with E-state index in [0.29, 0.717) is 33.1 Å². The van der Waals surface area contributed by atoms with Crippen molar-refractivity contribution in [3.63, 3.8) is 0 Å². The van der Waals surface area contributed by atoms with Crippen molar-refractivity contribution in [2.24, 2.45) is 0 Å². The first-order chi connectivity index (χ1) is 23.1. The third-order valence-electron chi connectivity index (χ3n) is 7.58. The Hall–Kier alpha value is -4.95. The van der Waals surface area contributed by atoms with Gasteiger partial charge in [0, 0.05) is 61.8 Å². The monoisotopic (exact) mass is 686 g/mol. The lowest BCUT2D eigenvalue weighted by molar-refractivity contribution is 0.399. The minimum absolute atomic E-state index is 0.249. The van der Waals surface area contributed by atoms with Crippen molar-refractivity contribution >= 4 is 38.5 Å². The van der Waals surface area contributed by atoms with Gasteiger partial charge < -0.3 is 19.4 Å². The Morgan fingerprint density at radius 2 is 1.65 bits per heavy atom. The number of hydrogen-bond acceptors (Lipinski definition) is 10. The molecule has 0 aliphatic rings. The highest BCUT2D eigenvalue weighted by Crippen LogP contribution is 2.26. The molecule has 0 amide bonds. The zero-order chi connectivity index (χ0) is 34.4. The summed E-state index contributed by atoms with van der Waals surface area (Å²) in [6, 6.07) is 13.5. The highest BCUT2D eigenvalue weighted by atomic mass is 32.2. The molecule has 0 spiro atoms. The van der Waals surface area contributed by atoms with E-state index in [2.05, 4.69) is 29.9 Å².